The fourth-order valence-electron chi connectivity index (χ4n) is 7.52. The number of fused-ring (bicyclic) bond motifs is 8. The van der Waals surface area contributed by atoms with Crippen molar-refractivity contribution >= 4 is 22.5 Å². The molecule has 3 aliphatic rings. The number of halogens is 3. The van der Waals surface area contributed by atoms with E-state index in [-0.39, 0.29) is 0 Å². The molecule has 8 rings (SSSR count). The van der Waals surface area contributed by atoms with Gasteiger partial charge in [-0.1, -0.05) is 92.7 Å². The van der Waals surface area contributed by atoms with Crippen LogP contribution in [0.25, 0.3) is 28.0 Å². The van der Waals surface area contributed by atoms with E-state index < -0.39 is 22.8 Å². The van der Waals surface area contributed by atoms with Gasteiger partial charge >= 0.3 is 6.18 Å². The van der Waals surface area contributed by atoms with Crippen molar-refractivity contribution in [2.75, 3.05) is 31.2 Å². The third kappa shape index (κ3) is 4.22. The quantitative estimate of drug-likeness (QED) is 0.205. The molecular weight excluding hydrogens is 571 g/mol. The summed E-state index contributed by atoms with van der Waals surface area (Å²) in [5.74, 6) is 0.741. The molecule has 5 aromatic carbocycles. The van der Waals surface area contributed by atoms with Crippen LogP contribution in [0.15, 0.2) is 103 Å². The number of hydrogen-bond donors (Lipinski definition) is 0. The molecule has 2 heterocycles. The highest BCUT2D eigenvalue weighted by molar-refractivity contribution is 6.08. The van der Waals surface area contributed by atoms with Crippen molar-refractivity contribution in [1.29, 1.82) is 0 Å². The predicted molar refractivity (Wildman–Crippen MR) is 173 cm³/mol. The van der Waals surface area contributed by atoms with Crippen molar-refractivity contribution in [3.05, 3.63) is 137 Å². The van der Waals surface area contributed by atoms with E-state index >= 15 is 0 Å². The highest BCUT2D eigenvalue weighted by Crippen LogP contribution is 2.58. The second-order valence-corrected chi connectivity index (χ2v) is 12.6. The zero-order valence-electron chi connectivity index (χ0n) is 25.1. The number of alkyl halides is 3. The van der Waals surface area contributed by atoms with Crippen molar-refractivity contribution in [3.8, 4) is 16.9 Å². The van der Waals surface area contributed by atoms with Crippen LogP contribution >= 0.6 is 0 Å². The van der Waals surface area contributed by atoms with Gasteiger partial charge in [-0.05, 0) is 58.0 Å². The van der Waals surface area contributed by atoms with Crippen molar-refractivity contribution in [1.82, 2.24) is 0 Å². The fraction of sp³-hybridized carbons (Fsp3) is 0.231. The third-order valence-electron chi connectivity index (χ3n) is 9.74. The van der Waals surface area contributed by atoms with E-state index in [9.17, 15) is 13.2 Å². The standard InChI is InChI=1S/C39H32F3NO2/c1-37(2)33-24-27(39(40,41)42)14-17-31(33)34-29-10-6-7-11-30(29)36-32(35(34)37)18-19-38(45-36,25-8-4-3-5-9-25)26-12-15-28(16-13-26)43-20-22-44-23-21-43/h3-19,24H,20-23H2,1-2H3. The smallest absolute Gasteiger partial charge is 0.416 e. The van der Waals surface area contributed by atoms with Gasteiger partial charge in [0, 0.05) is 46.3 Å². The van der Waals surface area contributed by atoms with Gasteiger partial charge in [-0.2, -0.15) is 13.2 Å². The number of rotatable bonds is 3. The van der Waals surface area contributed by atoms with Crippen LogP contribution in [0.1, 0.15) is 47.2 Å². The van der Waals surface area contributed by atoms with Crippen molar-refractivity contribution in [2.24, 2.45) is 0 Å². The molecule has 0 aromatic heterocycles. The Morgan fingerprint density at radius 3 is 2.13 bits per heavy atom. The average molecular weight is 604 g/mol. The van der Waals surface area contributed by atoms with Gasteiger partial charge in [0.25, 0.3) is 0 Å². The van der Waals surface area contributed by atoms with Crippen LogP contribution in [0.3, 0.4) is 0 Å². The van der Waals surface area contributed by atoms with Crippen molar-refractivity contribution in [3.63, 3.8) is 0 Å². The van der Waals surface area contributed by atoms with Gasteiger partial charge < -0.3 is 14.4 Å². The molecule has 3 nitrogen and oxygen atoms in total. The SMILES string of the molecule is CC1(C)c2cc(C(F)(F)F)ccc2-c2c1c1c(c3ccccc23)OC(c2ccccc2)(c2ccc(N3CCOCC3)cc2)C=C1. The molecule has 0 spiro atoms. The summed E-state index contributed by atoms with van der Waals surface area (Å²) in [4.78, 5) is 2.33. The van der Waals surface area contributed by atoms with Gasteiger partial charge in [0.2, 0.25) is 0 Å². The second-order valence-electron chi connectivity index (χ2n) is 12.6. The first kappa shape index (κ1) is 28.0. The highest BCUT2D eigenvalue weighted by Gasteiger charge is 2.45. The molecule has 0 radical (unpaired) electrons. The molecule has 0 bridgehead atoms. The Labute approximate surface area is 260 Å². The summed E-state index contributed by atoms with van der Waals surface area (Å²) < 4.78 is 54.4. The maximum absolute atomic E-state index is 13.9. The molecular formula is C39H32F3NO2. The van der Waals surface area contributed by atoms with Gasteiger partial charge in [-0.25, -0.2) is 0 Å². The van der Waals surface area contributed by atoms with E-state index in [2.05, 4.69) is 65.6 Å². The van der Waals surface area contributed by atoms with Crippen molar-refractivity contribution < 1.29 is 22.6 Å². The Bertz CT molecular complexity index is 1970. The Kier molecular flexibility index (Phi) is 6.20. The topological polar surface area (TPSA) is 21.7 Å². The lowest BCUT2D eigenvalue weighted by molar-refractivity contribution is -0.137. The van der Waals surface area contributed by atoms with Crippen LogP contribution in [-0.4, -0.2) is 26.3 Å². The highest BCUT2D eigenvalue weighted by atomic mass is 19.4. The summed E-state index contributed by atoms with van der Waals surface area (Å²) in [6, 6.07) is 31.0. The molecule has 226 valence electrons. The zero-order chi connectivity index (χ0) is 31.0. The summed E-state index contributed by atoms with van der Waals surface area (Å²) in [6.07, 6.45) is -0.175. The first-order chi connectivity index (χ1) is 21.7. The molecule has 1 aliphatic carbocycles. The van der Waals surface area contributed by atoms with E-state index in [0.717, 1.165) is 68.7 Å². The van der Waals surface area contributed by atoms with E-state index in [1.165, 1.54) is 12.1 Å². The minimum atomic E-state index is -4.42. The van der Waals surface area contributed by atoms with Crippen LogP contribution in [0.2, 0.25) is 0 Å². The molecule has 1 atom stereocenters. The van der Waals surface area contributed by atoms with Crippen LogP contribution in [0.5, 0.6) is 5.75 Å². The third-order valence-corrected chi connectivity index (χ3v) is 9.74. The molecule has 1 saturated heterocycles. The first-order valence-corrected chi connectivity index (χ1v) is 15.4. The maximum Gasteiger partial charge on any atom is 0.416 e. The lowest BCUT2D eigenvalue weighted by Crippen LogP contribution is -2.37. The zero-order valence-corrected chi connectivity index (χ0v) is 25.1. The Morgan fingerprint density at radius 1 is 0.756 bits per heavy atom. The molecule has 45 heavy (non-hydrogen) atoms. The van der Waals surface area contributed by atoms with Crippen LogP contribution < -0.4 is 9.64 Å². The molecule has 5 aromatic rings. The van der Waals surface area contributed by atoms with Gasteiger partial charge in [0.05, 0.1) is 18.8 Å². The number of nitrogens with zero attached hydrogens (tertiary/aromatic N) is 1. The Morgan fingerprint density at radius 2 is 1.42 bits per heavy atom. The van der Waals surface area contributed by atoms with E-state index in [1.807, 2.05) is 44.2 Å². The largest absolute Gasteiger partial charge is 0.472 e. The lowest BCUT2D eigenvalue weighted by Gasteiger charge is -2.38. The Balaban J connectivity index is 1.33. The second kappa shape index (κ2) is 9.98. The number of benzene rings is 5. The summed E-state index contributed by atoms with van der Waals surface area (Å²) in [5, 5.41) is 1.90. The summed E-state index contributed by atoms with van der Waals surface area (Å²) in [6.45, 7) is 7.18. The minimum Gasteiger partial charge on any atom is -0.472 e. The van der Waals surface area contributed by atoms with Crippen LogP contribution in [0.4, 0.5) is 18.9 Å². The summed E-state index contributed by atoms with van der Waals surface area (Å²) >= 11 is 0. The summed E-state index contributed by atoms with van der Waals surface area (Å²) in [7, 11) is 0. The number of anilines is 1. The lowest BCUT2D eigenvalue weighted by atomic mass is 9.76. The minimum absolute atomic E-state index is 0.629. The first-order valence-electron chi connectivity index (χ1n) is 15.4. The van der Waals surface area contributed by atoms with E-state index in [4.69, 9.17) is 9.47 Å². The van der Waals surface area contributed by atoms with Crippen LogP contribution in [-0.2, 0) is 21.9 Å². The molecule has 0 saturated carbocycles. The average Bonchev–Trinajstić information content (AvgIpc) is 3.31. The normalized spacial score (nSPS) is 20.0. The summed E-state index contributed by atoms with van der Waals surface area (Å²) in [5.41, 5.74) is 5.32. The molecule has 1 unspecified atom stereocenters. The molecule has 2 aliphatic heterocycles. The molecule has 1 fully saturated rings. The molecule has 0 amide bonds. The molecule has 6 heteroatoms. The van der Waals surface area contributed by atoms with E-state index in [0.29, 0.717) is 18.8 Å². The number of morpholine rings is 1. The van der Waals surface area contributed by atoms with Gasteiger partial charge in [-0.15, -0.1) is 0 Å². The number of hydrogen-bond acceptors (Lipinski definition) is 3. The van der Waals surface area contributed by atoms with E-state index in [1.54, 1.807) is 6.07 Å². The van der Waals surface area contributed by atoms with Crippen molar-refractivity contribution in [2.45, 2.75) is 31.0 Å². The maximum atomic E-state index is 13.9. The fourth-order valence-corrected chi connectivity index (χ4v) is 7.52. The van der Waals surface area contributed by atoms with Crippen LogP contribution in [0, 0.1) is 0 Å². The van der Waals surface area contributed by atoms with Gasteiger partial charge in [0.1, 0.15) is 5.75 Å². The molecule has 0 N–H and O–H groups in total. The predicted octanol–water partition coefficient (Wildman–Crippen LogP) is 9.35. The number of ether oxygens (including phenoxy) is 2. The monoisotopic (exact) mass is 603 g/mol. The van der Waals surface area contributed by atoms with Gasteiger partial charge in [-0.3, -0.25) is 0 Å². The van der Waals surface area contributed by atoms with Gasteiger partial charge in [0.15, 0.2) is 5.60 Å². The Hall–Kier alpha value is -4.55.